The molecule has 8 heteroatoms. The fraction of sp³-hybridized carbons (Fsp3) is 0.167. The first kappa shape index (κ1) is 17.8. The highest BCUT2D eigenvalue weighted by molar-refractivity contribution is 7.92. The molecule has 1 heterocycles. The monoisotopic (exact) mass is 374 g/mol. The van der Waals surface area contributed by atoms with Crippen LogP contribution in [0.1, 0.15) is 0 Å². The van der Waals surface area contributed by atoms with Gasteiger partial charge in [0.05, 0.1) is 27.0 Å². The fourth-order valence-electron chi connectivity index (χ4n) is 2.59. The van der Waals surface area contributed by atoms with Crippen LogP contribution >= 0.6 is 0 Å². The molecule has 1 aromatic heterocycles. The van der Waals surface area contributed by atoms with Crippen molar-refractivity contribution >= 4 is 26.6 Å². The number of nitrogens with zero attached hydrogens (tertiary/aromatic N) is 1. The van der Waals surface area contributed by atoms with E-state index in [0.29, 0.717) is 28.1 Å². The number of nitrogens with one attached hydrogen (secondary N) is 1. The second-order valence-corrected chi connectivity index (χ2v) is 6.99. The van der Waals surface area contributed by atoms with E-state index in [2.05, 4.69) is 9.71 Å². The molecule has 3 rings (SSSR count). The lowest BCUT2D eigenvalue weighted by molar-refractivity contribution is 0.392. The van der Waals surface area contributed by atoms with Crippen LogP contribution in [0.3, 0.4) is 0 Å². The molecule has 136 valence electrons. The number of ether oxygens (including phenoxy) is 3. The van der Waals surface area contributed by atoms with E-state index >= 15 is 0 Å². The quantitative estimate of drug-likeness (QED) is 0.714. The number of pyridine rings is 1. The third-order valence-corrected chi connectivity index (χ3v) is 5.24. The van der Waals surface area contributed by atoms with Crippen molar-refractivity contribution in [3.63, 3.8) is 0 Å². The highest BCUT2D eigenvalue weighted by Crippen LogP contribution is 2.33. The van der Waals surface area contributed by atoms with Crippen molar-refractivity contribution in [3.8, 4) is 17.2 Å². The average Bonchev–Trinajstić information content (AvgIpc) is 2.67. The number of sulfonamides is 1. The van der Waals surface area contributed by atoms with E-state index in [-0.39, 0.29) is 10.6 Å². The van der Waals surface area contributed by atoms with Crippen LogP contribution in [0, 0.1) is 0 Å². The van der Waals surface area contributed by atoms with Gasteiger partial charge in [-0.15, -0.1) is 0 Å². The summed E-state index contributed by atoms with van der Waals surface area (Å²) in [5, 5.41) is 0.622. The Morgan fingerprint density at radius 1 is 0.923 bits per heavy atom. The van der Waals surface area contributed by atoms with Gasteiger partial charge in [0.1, 0.15) is 27.7 Å². The maximum atomic E-state index is 12.9. The molecule has 0 spiro atoms. The molecule has 7 nitrogen and oxygen atoms in total. The van der Waals surface area contributed by atoms with Crippen LogP contribution in [-0.4, -0.2) is 34.7 Å². The minimum Gasteiger partial charge on any atom is -0.497 e. The summed E-state index contributed by atoms with van der Waals surface area (Å²) >= 11 is 0. The van der Waals surface area contributed by atoms with Crippen molar-refractivity contribution in [3.05, 3.63) is 48.7 Å². The number of rotatable bonds is 6. The number of benzene rings is 2. The molecule has 0 bridgehead atoms. The van der Waals surface area contributed by atoms with Crippen LogP contribution in [-0.2, 0) is 10.0 Å². The highest BCUT2D eigenvalue weighted by Gasteiger charge is 2.22. The summed E-state index contributed by atoms with van der Waals surface area (Å²) < 4.78 is 44.1. The molecule has 1 N–H and O–H groups in total. The molecule has 0 saturated carbocycles. The molecule has 0 unspecified atom stereocenters. The van der Waals surface area contributed by atoms with Crippen LogP contribution in [0.5, 0.6) is 17.2 Å². The van der Waals surface area contributed by atoms with Crippen molar-refractivity contribution in [1.82, 2.24) is 4.98 Å². The number of methoxy groups -OCH3 is 3. The summed E-state index contributed by atoms with van der Waals surface area (Å²) in [5.74, 6) is 1.18. The lowest BCUT2D eigenvalue weighted by Gasteiger charge is -2.15. The van der Waals surface area contributed by atoms with E-state index in [1.54, 1.807) is 42.6 Å². The number of anilines is 1. The highest BCUT2D eigenvalue weighted by atomic mass is 32.2. The molecule has 0 aliphatic rings. The van der Waals surface area contributed by atoms with Gasteiger partial charge in [0.25, 0.3) is 10.0 Å². The second-order valence-electron chi connectivity index (χ2n) is 5.34. The zero-order chi connectivity index (χ0) is 18.7. The summed E-state index contributed by atoms with van der Waals surface area (Å²) in [6, 6.07) is 11.4. The summed E-state index contributed by atoms with van der Waals surface area (Å²) in [7, 11) is 0.490. The van der Waals surface area contributed by atoms with Gasteiger partial charge in [-0.05, 0) is 36.4 Å². The Balaban J connectivity index is 2.10. The number of aromatic nitrogens is 1. The maximum Gasteiger partial charge on any atom is 0.265 e. The third kappa shape index (κ3) is 3.23. The van der Waals surface area contributed by atoms with Gasteiger partial charge in [-0.3, -0.25) is 9.71 Å². The number of fused-ring (bicyclic) bond motifs is 1. The van der Waals surface area contributed by atoms with E-state index in [1.807, 2.05) is 0 Å². The molecule has 0 saturated heterocycles. The van der Waals surface area contributed by atoms with Crippen LogP contribution in [0.2, 0.25) is 0 Å². The first-order valence-electron chi connectivity index (χ1n) is 7.66. The van der Waals surface area contributed by atoms with E-state index in [9.17, 15) is 8.42 Å². The maximum absolute atomic E-state index is 12.9. The molecule has 0 atom stereocenters. The van der Waals surface area contributed by atoms with Gasteiger partial charge < -0.3 is 14.2 Å². The van der Waals surface area contributed by atoms with E-state index < -0.39 is 10.0 Å². The lowest BCUT2D eigenvalue weighted by Crippen LogP contribution is -2.14. The van der Waals surface area contributed by atoms with Gasteiger partial charge >= 0.3 is 0 Å². The van der Waals surface area contributed by atoms with Crippen LogP contribution in [0.15, 0.2) is 53.6 Å². The molecular weight excluding hydrogens is 356 g/mol. The minimum absolute atomic E-state index is 0.0211. The summed E-state index contributed by atoms with van der Waals surface area (Å²) in [6.45, 7) is 0. The lowest BCUT2D eigenvalue weighted by atomic mass is 10.2. The Hall–Kier alpha value is -3.00. The fourth-order valence-corrected chi connectivity index (χ4v) is 3.86. The second kappa shape index (κ2) is 7.09. The Kier molecular flexibility index (Phi) is 4.85. The first-order chi connectivity index (χ1) is 12.5. The molecule has 2 aromatic carbocycles. The Bertz CT molecular complexity index is 1050. The van der Waals surface area contributed by atoms with Crippen LogP contribution in [0.25, 0.3) is 10.9 Å². The van der Waals surface area contributed by atoms with Gasteiger partial charge in [-0.2, -0.15) is 0 Å². The third-order valence-electron chi connectivity index (χ3n) is 3.86. The van der Waals surface area contributed by atoms with Gasteiger partial charge in [-0.25, -0.2) is 8.42 Å². The van der Waals surface area contributed by atoms with Crippen molar-refractivity contribution in [1.29, 1.82) is 0 Å². The van der Waals surface area contributed by atoms with Crippen molar-refractivity contribution in [2.24, 2.45) is 0 Å². The van der Waals surface area contributed by atoms with Gasteiger partial charge in [0.15, 0.2) is 0 Å². The first-order valence-corrected chi connectivity index (χ1v) is 9.15. The summed E-state index contributed by atoms with van der Waals surface area (Å²) in [6.07, 6.45) is 1.62. The molecule has 0 radical (unpaired) electrons. The van der Waals surface area contributed by atoms with Crippen LogP contribution < -0.4 is 18.9 Å². The standard InChI is InChI=1S/C18H18N2O5S/c1-23-12-6-8-15(24-2)17(11-12)26(21,22)20-14-7-9-16(25-3)18-13(14)5-4-10-19-18/h4-11,20H,1-3H3. The topological polar surface area (TPSA) is 86.8 Å². The summed E-state index contributed by atoms with van der Waals surface area (Å²) in [5.41, 5.74) is 0.951. The van der Waals surface area contributed by atoms with Gasteiger partial charge in [0, 0.05) is 17.6 Å². The Morgan fingerprint density at radius 3 is 2.35 bits per heavy atom. The predicted octanol–water partition coefficient (Wildman–Crippen LogP) is 3.06. The predicted molar refractivity (Wildman–Crippen MR) is 98.6 cm³/mol. The number of hydrogen-bond acceptors (Lipinski definition) is 6. The molecule has 0 aliphatic heterocycles. The molecule has 3 aromatic rings. The zero-order valence-electron chi connectivity index (χ0n) is 14.5. The van der Waals surface area contributed by atoms with Crippen molar-refractivity contribution in [2.75, 3.05) is 26.1 Å². The summed E-state index contributed by atoms with van der Waals surface area (Å²) in [4.78, 5) is 4.25. The van der Waals surface area contributed by atoms with Gasteiger partial charge in [0.2, 0.25) is 0 Å². The molecular formula is C18H18N2O5S. The van der Waals surface area contributed by atoms with Gasteiger partial charge in [-0.1, -0.05) is 0 Å². The normalized spacial score (nSPS) is 11.2. The van der Waals surface area contributed by atoms with Crippen molar-refractivity contribution < 1.29 is 22.6 Å². The Morgan fingerprint density at radius 2 is 1.65 bits per heavy atom. The average molecular weight is 374 g/mol. The molecule has 0 aliphatic carbocycles. The molecule has 0 amide bonds. The van der Waals surface area contributed by atoms with Crippen LogP contribution in [0.4, 0.5) is 5.69 Å². The smallest absolute Gasteiger partial charge is 0.265 e. The number of hydrogen-bond donors (Lipinski definition) is 1. The van der Waals surface area contributed by atoms with Crippen molar-refractivity contribution in [2.45, 2.75) is 4.90 Å². The van der Waals surface area contributed by atoms with E-state index in [0.717, 1.165) is 0 Å². The Labute approximate surface area is 151 Å². The molecule has 0 fully saturated rings. The SMILES string of the molecule is COc1ccc(OC)c(S(=O)(=O)Nc2ccc(OC)c3ncccc23)c1. The minimum atomic E-state index is -3.92. The zero-order valence-corrected chi connectivity index (χ0v) is 15.3. The van der Waals surface area contributed by atoms with E-state index in [4.69, 9.17) is 14.2 Å². The van der Waals surface area contributed by atoms with E-state index in [1.165, 1.54) is 27.4 Å². The largest absolute Gasteiger partial charge is 0.497 e. The molecule has 26 heavy (non-hydrogen) atoms.